The smallest absolute Gasteiger partial charge is 0.293 e. The minimum atomic E-state index is -0.315. The molecular weight excluding hydrogens is 292 g/mol. The van der Waals surface area contributed by atoms with Crippen LogP contribution in [-0.4, -0.2) is 17.6 Å². The number of carbonyl (C=O) groups excluding carboxylic acids is 1. The van der Waals surface area contributed by atoms with E-state index in [2.05, 4.69) is 11.4 Å². The first-order valence-corrected chi connectivity index (χ1v) is 7.52. The summed E-state index contributed by atoms with van der Waals surface area (Å²) < 4.78 is 6.32. The Balaban J connectivity index is 2.11. The van der Waals surface area contributed by atoms with Gasteiger partial charge in [0.15, 0.2) is 5.75 Å². The molecule has 1 N–H and O–H groups in total. The highest BCUT2D eigenvalue weighted by Gasteiger charge is 2.13. The third-order valence-corrected chi connectivity index (χ3v) is 3.80. The van der Waals surface area contributed by atoms with E-state index in [9.17, 15) is 9.59 Å². The van der Waals surface area contributed by atoms with Crippen LogP contribution < -0.4 is 15.6 Å². The summed E-state index contributed by atoms with van der Waals surface area (Å²) >= 11 is 0. The van der Waals surface area contributed by atoms with Gasteiger partial charge in [-0.15, -0.1) is 0 Å². The van der Waals surface area contributed by atoms with Crippen LogP contribution in [0.25, 0.3) is 0 Å². The third-order valence-electron chi connectivity index (χ3n) is 3.80. The van der Waals surface area contributed by atoms with Gasteiger partial charge in [0.2, 0.25) is 5.91 Å². The summed E-state index contributed by atoms with van der Waals surface area (Å²) in [4.78, 5) is 24.3. The van der Waals surface area contributed by atoms with Gasteiger partial charge in [-0.1, -0.05) is 23.8 Å². The zero-order valence-electron chi connectivity index (χ0n) is 13.9. The Hall–Kier alpha value is -2.56. The zero-order chi connectivity index (χ0) is 17.0. The number of hydrogen-bond acceptors (Lipinski definition) is 3. The predicted molar refractivity (Wildman–Crippen MR) is 89.7 cm³/mol. The molecule has 0 aliphatic carbocycles. The first-order chi connectivity index (χ1) is 10.9. The molecule has 1 aromatic carbocycles. The van der Waals surface area contributed by atoms with E-state index in [4.69, 9.17) is 4.74 Å². The zero-order valence-corrected chi connectivity index (χ0v) is 13.9. The lowest BCUT2D eigenvalue weighted by Gasteiger charge is -2.18. The minimum Gasteiger partial charge on any atom is -0.491 e. The van der Waals surface area contributed by atoms with Crippen molar-refractivity contribution in [1.82, 2.24) is 9.88 Å². The van der Waals surface area contributed by atoms with Gasteiger partial charge in [-0.3, -0.25) is 9.59 Å². The SMILES string of the molecule is COc1cccn(CC(=O)N[C@H](C)c2cc(C)ccc2C)c1=O. The lowest BCUT2D eigenvalue weighted by Crippen LogP contribution is -2.34. The van der Waals surface area contributed by atoms with Gasteiger partial charge in [0.25, 0.3) is 5.56 Å². The molecule has 0 bridgehead atoms. The number of amides is 1. The molecule has 0 saturated carbocycles. The van der Waals surface area contributed by atoms with Crippen molar-refractivity contribution in [3.05, 3.63) is 63.6 Å². The number of methoxy groups -OCH3 is 1. The molecule has 23 heavy (non-hydrogen) atoms. The summed E-state index contributed by atoms with van der Waals surface area (Å²) in [6.07, 6.45) is 1.58. The van der Waals surface area contributed by atoms with E-state index >= 15 is 0 Å². The summed E-state index contributed by atoms with van der Waals surface area (Å²) in [5.41, 5.74) is 3.04. The van der Waals surface area contributed by atoms with Gasteiger partial charge in [-0.05, 0) is 44.0 Å². The highest BCUT2D eigenvalue weighted by molar-refractivity contribution is 5.76. The first kappa shape index (κ1) is 16.8. The summed E-state index contributed by atoms with van der Waals surface area (Å²) in [5, 5.41) is 2.94. The molecule has 1 atom stereocenters. The molecule has 5 nitrogen and oxygen atoms in total. The Kier molecular flexibility index (Phi) is 5.21. The van der Waals surface area contributed by atoms with Crippen molar-refractivity contribution >= 4 is 5.91 Å². The molecule has 1 aromatic heterocycles. The van der Waals surface area contributed by atoms with Crippen molar-refractivity contribution in [2.24, 2.45) is 0 Å². The van der Waals surface area contributed by atoms with E-state index in [0.717, 1.165) is 16.7 Å². The maximum absolute atomic E-state index is 12.2. The molecule has 0 saturated heterocycles. The van der Waals surface area contributed by atoms with Gasteiger partial charge in [0, 0.05) is 6.20 Å². The topological polar surface area (TPSA) is 60.3 Å². The highest BCUT2D eigenvalue weighted by atomic mass is 16.5. The van der Waals surface area contributed by atoms with Crippen LogP contribution in [0.1, 0.15) is 29.7 Å². The summed E-state index contributed by atoms with van der Waals surface area (Å²) in [6, 6.07) is 9.29. The number of nitrogens with zero attached hydrogens (tertiary/aromatic N) is 1. The van der Waals surface area contributed by atoms with Gasteiger partial charge in [-0.25, -0.2) is 0 Å². The van der Waals surface area contributed by atoms with Crippen LogP contribution in [0.2, 0.25) is 0 Å². The Bertz CT molecular complexity index is 765. The number of rotatable bonds is 5. The van der Waals surface area contributed by atoms with Crippen molar-refractivity contribution in [2.45, 2.75) is 33.4 Å². The molecule has 0 fully saturated rings. The number of pyridine rings is 1. The fourth-order valence-corrected chi connectivity index (χ4v) is 2.54. The van der Waals surface area contributed by atoms with Crippen LogP contribution in [0.15, 0.2) is 41.3 Å². The summed E-state index contributed by atoms with van der Waals surface area (Å²) in [7, 11) is 1.43. The number of aryl methyl sites for hydroxylation is 2. The van der Waals surface area contributed by atoms with Gasteiger partial charge in [0.05, 0.1) is 13.2 Å². The molecule has 0 radical (unpaired) electrons. The maximum Gasteiger partial charge on any atom is 0.293 e. The van der Waals surface area contributed by atoms with Crippen LogP contribution in [0.5, 0.6) is 5.75 Å². The molecule has 0 aliphatic heterocycles. The monoisotopic (exact) mass is 314 g/mol. The molecular formula is C18H22N2O3. The lowest BCUT2D eigenvalue weighted by molar-refractivity contribution is -0.122. The van der Waals surface area contributed by atoms with Crippen molar-refractivity contribution in [3.8, 4) is 5.75 Å². The predicted octanol–water partition coefficient (Wildman–Crippen LogP) is 2.35. The van der Waals surface area contributed by atoms with Gasteiger partial charge < -0.3 is 14.6 Å². The Labute approximate surface area is 135 Å². The van der Waals surface area contributed by atoms with Crippen molar-refractivity contribution in [2.75, 3.05) is 7.11 Å². The maximum atomic E-state index is 12.2. The highest BCUT2D eigenvalue weighted by Crippen LogP contribution is 2.18. The largest absolute Gasteiger partial charge is 0.491 e. The van der Waals surface area contributed by atoms with Crippen LogP contribution in [0.4, 0.5) is 0 Å². The van der Waals surface area contributed by atoms with E-state index in [-0.39, 0.29) is 29.8 Å². The van der Waals surface area contributed by atoms with Crippen LogP contribution >= 0.6 is 0 Å². The number of nitrogens with one attached hydrogen (secondary N) is 1. The normalized spacial score (nSPS) is 11.8. The van der Waals surface area contributed by atoms with E-state index in [0.29, 0.717) is 0 Å². The fraction of sp³-hybridized carbons (Fsp3) is 0.333. The second-order valence-electron chi connectivity index (χ2n) is 5.66. The average molecular weight is 314 g/mol. The Morgan fingerprint density at radius 3 is 2.74 bits per heavy atom. The van der Waals surface area contributed by atoms with Crippen LogP contribution in [0, 0.1) is 13.8 Å². The molecule has 0 aliphatic rings. The Morgan fingerprint density at radius 2 is 2.04 bits per heavy atom. The molecule has 0 unspecified atom stereocenters. The second kappa shape index (κ2) is 7.13. The molecule has 122 valence electrons. The average Bonchev–Trinajstić information content (AvgIpc) is 2.51. The van der Waals surface area contributed by atoms with Gasteiger partial charge in [-0.2, -0.15) is 0 Å². The van der Waals surface area contributed by atoms with Crippen molar-refractivity contribution in [1.29, 1.82) is 0 Å². The minimum absolute atomic E-state index is 0.0365. The third kappa shape index (κ3) is 4.00. The van der Waals surface area contributed by atoms with E-state index in [1.807, 2.05) is 32.9 Å². The molecule has 5 heteroatoms. The number of carbonyl (C=O) groups is 1. The van der Waals surface area contributed by atoms with E-state index < -0.39 is 0 Å². The molecule has 2 rings (SSSR count). The summed E-state index contributed by atoms with van der Waals surface area (Å²) in [5.74, 6) is 0.0108. The standard InChI is InChI=1S/C18H22N2O3/c1-12-7-8-13(2)15(10-12)14(3)19-17(21)11-20-9-5-6-16(23-4)18(20)22/h5-10,14H,11H2,1-4H3,(H,19,21)/t14-/m1/s1. The molecule has 1 heterocycles. The molecule has 1 amide bonds. The first-order valence-electron chi connectivity index (χ1n) is 7.52. The number of benzene rings is 1. The van der Waals surface area contributed by atoms with E-state index in [1.165, 1.54) is 11.7 Å². The number of hydrogen-bond donors (Lipinski definition) is 1. The van der Waals surface area contributed by atoms with Crippen molar-refractivity contribution in [3.63, 3.8) is 0 Å². The Morgan fingerprint density at radius 1 is 1.30 bits per heavy atom. The van der Waals surface area contributed by atoms with Gasteiger partial charge in [0.1, 0.15) is 6.54 Å². The molecule has 2 aromatic rings. The van der Waals surface area contributed by atoms with E-state index in [1.54, 1.807) is 18.3 Å². The van der Waals surface area contributed by atoms with Crippen LogP contribution in [-0.2, 0) is 11.3 Å². The lowest BCUT2D eigenvalue weighted by atomic mass is 10.00. The molecule has 0 spiro atoms. The summed E-state index contributed by atoms with van der Waals surface area (Å²) in [6.45, 7) is 5.94. The van der Waals surface area contributed by atoms with Crippen LogP contribution in [0.3, 0.4) is 0 Å². The quantitative estimate of drug-likeness (QED) is 0.921. The number of ether oxygens (including phenoxy) is 1. The fourth-order valence-electron chi connectivity index (χ4n) is 2.54. The number of aromatic nitrogens is 1. The second-order valence-corrected chi connectivity index (χ2v) is 5.66. The van der Waals surface area contributed by atoms with Gasteiger partial charge >= 0.3 is 0 Å². The van der Waals surface area contributed by atoms with Crippen molar-refractivity contribution < 1.29 is 9.53 Å².